The fraction of sp³-hybridized carbons (Fsp3) is 0.545. The summed E-state index contributed by atoms with van der Waals surface area (Å²) in [4.78, 5) is 3.97. The average molecular weight is 208 g/mol. The van der Waals surface area contributed by atoms with Crippen molar-refractivity contribution in [1.82, 2.24) is 4.98 Å². The lowest BCUT2D eigenvalue weighted by molar-refractivity contribution is -0.162. The van der Waals surface area contributed by atoms with E-state index in [1.807, 2.05) is 19.1 Å². The molecule has 1 aromatic heterocycles. The van der Waals surface area contributed by atoms with Crippen LogP contribution in [0.2, 0.25) is 0 Å². The van der Waals surface area contributed by atoms with Gasteiger partial charge < -0.3 is 15.2 Å². The Balaban J connectivity index is 2.10. The zero-order chi connectivity index (χ0) is 10.7. The van der Waals surface area contributed by atoms with Crippen LogP contribution in [0, 0.1) is 0 Å². The third-order valence-electron chi connectivity index (χ3n) is 2.63. The molecule has 0 spiro atoms. The van der Waals surface area contributed by atoms with E-state index in [0.29, 0.717) is 13.2 Å². The van der Waals surface area contributed by atoms with Crippen molar-refractivity contribution in [3.05, 3.63) is 30.1 Å². The number of ether oxygens (including phenoxy) is 2. The first kappa shape index (κ1) is 10.5. The van der Waals surface area contributed by atoms with Crippen molar-refractivity contribution in [1.29, 1.82) is 0 Å². The Kier molecular flexibility index (Phi) is 3.00. The zero-order valence-corrected chi connectivity index (χ0v) is 8.85. The van der Waals surface area contributed by atoms with Gasteiger partial charge in [-0.2, -0.15) is 0 Å². The van der Waals surface area contributed by atoms with Crippen LogP contribution in [0.5, 0.6) is 0 Å². The molecule has 0 bridgehead atoms. The van der Waals surface area contributed by atoms with Gasteiger partial charge in [-0.15, -0.1) is 0 Å². The van der Waals surface area contributed by atoms with Crippen LogP contribution in [-0.4, -0.2) is 24.2 Å². The molecule has 1 aliphatic rings. The lowest BCUT2D eigenvalue weighted by Gasteiger charge is -2.23. The summed E-state index contributed by atoms with van der Waals surface area (Å²) in [7, 11) is 0. The molecule has 82 valence electrons. The normalized spacial score (nSPS) is 30.7. The largest absolute Gasteiger partial charge is 0.343 e. The number of pyridine rings is 1. The van der Waals surface area contributed by atoms with Crippen LogP contribution in [-0.2, 0) is 15.3 Å². The Morgan fingerprint density at radius 3 is 2.93 bits per heavy atom. The maximum Gasteiger partial charge on any atom is 0.192 e. The summed E-state index contributed by atoms with van der Waals surface area (Å²) in [6, 6.07) is 3.82. The van der Waals surface area contributed by atoms with E-state index >= 15 is 0 Å². The smallest absolute Gasteiger partial charge is 0.192 e. The molecule has 1 aliphatic heterocycles. The Morgan fingerprint density at radius 1 is 1.53 bits per heavy atom. The lowest BCUT2D eigenvalue weighted by Crippen LogP contribution is -2.24. The predicted molar refractivity (Wildman–Crippen MR) is 56.1 cm³/mol. The molecule has 0 aromatic carbocycles. The van der Waals surface area contributed by atoms with Crippen LogP contribution in [0.25, 0.3) is 0 Å². The summed E-state index contributed by atoms with van der Waals surface area (Å²) < 4.78 is 11.5. The van der Waals surface area contributed by atoms with Crippen LogP contribution < -0.4 is 5.73 Å². The fourth-order valence-electron chi connectivity index (χ4n) is 1.77. The average Bonchev–Trinajstić information content (AvgIpc) is 2.64. The highest BCUT2D eigenvalue weighted by Gasteiger charge is 2.38. The van der Waals surface area contributed by atoms with E-state index < -0.39 is 5.79 Å². The van der Waals surface area contributed by atoms with E-state index in [9.17, 15) is 0 Å². The minimum atomic E-state index is -0.636. The molecular weight excluding hydrogens is 192 g/mol. The van der Waals surface area contributed by atoms with Gasteiger partial charge in [0.1, 0.15) is 0 Å². The topological polar surface area (TPSA) is 57.4 Å². The summed E-state index contributed by atoms with van der Waals surface area (Å²) in [6.45, 7) is 3.16. The van der Waals surface area contributed by atoms with Gasteiger partial charge in [0.25, 0.3) is 0 Å². The van der Waals surface area contributed by atoms with E-state index in [1.165, 1.54) is 0 Å². The number of nitrogens with zero attached hydrogens (tertiary/aromatic N) is 1. The molecule has 1 fully saturated rings. The van der Waals surface area contributed by atoms with Crippen molar-refractivity contribution in [2.75, 3.05) is 13.2 Å². The van der Waals surface area contributed by atoms with Crippen LogP contribution in [0.3, 0.4) is 0 Å². The van der Waals surface area contributed by atoms with Crippen LogP contribution >= 0.6 is 0 Å². The molecule has 0 aliphatic carbocycles. The van der Waals surface area contributed by atoms with Gasteiger partial charge in [0, 0.05) is 18.0 Å². The number of hydrogen-bond donors (Lipinski definition) is 1. The van der Waals surface area contributed by atoms with Crippen molar-refractivity contribution < 1.29 is 9.47 Å². The molecule has 0 saturated carbocycles. The Bertz CT molecular complexity index is 318. The molecule has 2 heterocycles. The molecule has 2 rings (SSSR count). The third kappa shape index (κ3) is 2.17. The molecule has 1 saturated heterocycles. The molecule has 0 radical (unpaired) electrons. The van der Waals surface area contributed by atoms with Crippen molar-refractivity contribution in [3.63, 3.8) is 0 Å². The summed E-state index contributed by atoms with van der Waals surface area (Å²) >= 11 is 0. The Hall–Kier alpha value is -0.970. The monoisotopic (exact) mass is 208 g/mol. The van der Waals surface area contributed by atoms with E-state index in [1.54, 1.807) is 12.4 Å². The molecule has 2 N–H and O–H groups in total. The molecule has 15 heavy (non-hydrogen) atoms. The molecule has 2 unspecified atom stereocenters. The molecule has 4 heteroatoms. The summed E-state index contributed by atoms with van der Waals surface area (Å²) in [6.07, 6.45) is 4.42. The number of hydrogen-bond acceptors (Lipinski definition) is 4. The van der Waals surface area contributed by atoms with Gasteiger partial charge in [0.15, 0.2) is 5.79 Å². The predicted octanol–water partition coefficient (Wildman–Crippen LogP) is 1.02. The van der Waals surface area contributed by atoms with Gasteiger partial charge in [0.05, 0.1) is 12.7 Å². The standard InChI is InChI=1S/C11H16N2O2/c1-11(9-3-6-13-7-4-9)14-8-10(15-11)2-5-12/h3-4,6-7,10H,2,5,8,12H2,1H3. The highest BCUT2D eigenvalue weighted by atomic mass is 16.7. The quantitative estimate of drug-likeness (QED) is 0.805. The maximum absolute atomic E-state index is 5.85. The minimum absolute atomic E-state index is 0.105. The third-order valence-corrected chi connectivity index (χ3v) is 2.63. The Labute approximate surface area is 89.4 Å². The second kappa shape index (κ2) is 4.26. The fourth-order valence-corrected chi connectivity index (χ4v) is 1.77. The molecule has 2 atom stereocenters. The SMILES string of the molecule is CC1(c2ccncc2)OCC(CCN)O1. The molecule has 1 aromatic rings. The number of rotatable bonds is 3. The first-order valence-corrected chi connectivity index (χ1v) is 5.17. The van der Waals surface area contributed by atoms with Gasteiger partial charge in [-0.05, 0) is 32.0 Å². The van der Waals surface area contributed by atoms with Crippen LogP contribution in [0.15, 0.2) is 24.5 Å². The molecule has 4 nitrogen and oxygen atoms in total. The highest BCUT2D eigenvalue weighted by Crippen LogP contribution is 2.34. The van der Waals surface area contributed by atoms with Crippen molar-refractivity contribution in [3.8, 4) is 0 Å². The van der Waals surface area contributed by atoms with Gasteiger partial charge in [-0.1, -0.05) is 0 Å². The minimum Gasteiger partial charge on any atom is -0.343 e. The molecule has 0 amide bonds. The van der Waals surface area contributed by atoms with Crippen molar-refractivity contribution in [2.45, 2.75) is 25.2 Å². The van der Waals surface area contributed by atoms with Gasteiger partial charge in [0.2, 0.25) is 0 Å². The van der Waals surface area contributed by atoms with Gasteiger partial charge >= 0.3 is 0 Å². The summed E-state index contributed by atoms with van der Waals surface area (Å²) in [5.41, 5.74) is 6.49. The maximum atomic E-state index is 5.85. The van der Waals surface area contributed by atoms with E-state index in [4.69, 9.17) is 15.2 Å². The van der Waals surface area contributed by atoms with Gasteiger partial charge in [-0.3, -0.25) is 4.98 Å². The second-order valence-corrected chi connectivity index (χ2v) is 3.81. The van der Waals surface area contributed by atoms with E-state index in [2.05, 4.69) is 4.98 Å². The van der Waals surface area contributed by atoms with Crippen LogP contribution in [0.1, 0.15) is 18.9 Å². The highest BCUT2D eigenvalue weighted by molar-refractivity contribution is 5.16. The van der Waals surface area contributed by atoms with E-state index in [-0.39, 0.29) is 6.10 Å². The number of aromatic nitrogens is 1. The van der Waals surface area contributed by atoms with E-state index in [0.717, 1.165) is 12.0 Å². The lowest BCUT2D eigenvalue weighted by atomic mass is 10.1. The first-order chi connectivity index (χ1) is 7.24. The number of nitrogens with two attached hydrogens (primary N) is 1. The first-order valence-electron chi connectivity index (χ1n) is 5.17. The van der Waals surface area contributed by atoms with Crippen LogP contribution in [0.4, 0.5) is 0 Å². The zero-order valence-electron chi connectivity index (χ0n) is 8.85. The second-order valence-electron chi connectivity index (χ2n) is 3.81. The van der Waals surface area contributed by atoms with Gasteiger partial charge in [-0.25, -0.2) is 0 Å². The summed E-state index contributed by atoms with van der Waals surface area (Å²) in [5, 5.41) is 0. The molecular formula is C11H16N2O2. The van der Waals surface area contributed by atoms with Crippen molar-refractivity contribution in [2.24, 2.45) is 5.73 Å². The summed E-state index contributed by atoms with van der Waals surface area (Å²) in [5.74, 6) is -0.636. The van der Waals surface area contributed by atoms with Crippen molar-refractivity contribution >= 4 is 0 Å². The Morgan fingerprint density at radius 2 is 2.27 bits per heavy atom.